The molecule has 0 saturated carbocycles. The minimum Gasteiger partial charge on any atom is -0.486 e. The number of benzene rings is 1. The van der Waals surface area contributed by atoms with Crippen molar-refractivity contribution in [1.29, 1.82) is 0 Å². The van der Waals surface area contributed by atoms with Crippen LogP contribution in [0.25, 0.3) is 0 Å². The molecule has 0 fully saturated rings. The van der Waals surface area contributed by atoms with Crippen molar-refractivity contribution in [3.63, 3.8) is 0 Å². The molecule has 0 aliphatic rings. The van der Waals surface area contributed by atoms with Crippen molar-refractivity contribution in [2.45, 2.75) is 20.1 Å². The number of ether oxygens (including phenoxy) is 1. The van der Waals surface area contributed by atoms with Gasteiger partial charge >= 0.3 is 0 Å². The van der Waals surface area contributed by atoms with E-state index in [-0.39, 0.29) is 0 Å². The van der Waals surface area contributed by atoms with Gasteiger partial charge in [0.15, 0.2) is 0 Å². The Morgan fingerprint density at radius 2 is 2.06 bits per heavy atom. The molecular formula is C12H12BrClN2O. The minimum atomic E-state index is 0.446. The van der Waals surface area contributed by atoms with Gasteiger partial charge in [-0.2, -0.15) is 0 Å². The summed E-state index contributed by atoms with van der Waals surface area (Å²) in [7, 11) is 0. The molecule has 1 aromatic carbocycles. The van der Waals surface area contributed by atoms with Gasteiger partial charge < -0.3 is 9.30 Å². The Hall–Kier alpha value is -1.00. The first kappa shape index (κ1) is 12.5. The van der Waals surface area contributed by atoms with Crippen LogP contribution >= 0.6 is 27.5 Å². The van der Waals surface area contributed by atoms with Crippen molar-refractivity contribution < 1.29 is 4.74 Å². The molecule has 17 heavy (non-hydrogen) atoms. The van der Waals surface area contributed by atoms with Gasteiger partial charge in [0.1, 0.15) is 22.8 Å². The van der Waals surface area contributed by atoms with Crippen LogP contribution in [0.15, 0.2) is 35.1 Å². The van der Waals surface area contributed by atoms with E-state index in [4.69, 9.17) is 16.3 Å². The van der Waals surface area contributed by atoms with Crippen LogP contribution in [-0.2, 0) is 13.2 Å². The molecule has 90 valence electrons. The van der Waals surface area contributed by atoms with Crippen molar-refractivity contribution in [1.82, 2.24) is 9.55 Å². The van der Waals surface area contributed by atoms with Gasteiger partial charge in [0, 0.05) is 11.6 Å². The third-order valence-electron chi connectivity index (χ3n) is 2.39. The van der Waals surface area contributed by atoms with Gasteiger partial charge in [-0.05, 0) is 47.1 Å². The lowest BCUT2D eigenvalue weighted by Gasteiger charge is -2.08. The average Bonchev–Trinajstić information content (AvgIpc) is 2.69. The van der Waals surface area contributed by atoms with Crippen LogP contribution in [0.2, 0.25) is 5.02 Å². The Kier molecular flexibility index (Phi) is 4.07. The normalized spacial score (nSPS) is 10.5. The van der Waals surface area contributed by atoms with Gasteiger partial charge in [-0.3, -0.25) is 0 Å². The molecule has 3 nitrogen and oxygen atoms in total. The van der Waals surface area contributed by atoms with E-state index in [0.717, 1.165) is 22.7 Å². The molecule has 2 rings (SSSR count). The van der Waals surface area contributed by atoms with E-state index in [1.54, 1.807) is 18.3 Å². The van der Waals surface area contributed by atoms with E-state index in [1.165, 1.54) is 0 Å². The maximum atomic E-state index is 5.80. The second-order valence-corrected chi connectivity index (χ2v) is 4.73. The van der Waals surface area contributed by atoms with Crippen molar-refractivity contribution in [2.75, 3.05) is 0 Å². The zero-order valence-electron chi connectivity index (χ0n) is 9.36. The van der Waals surface area contributed by atoms with E-state index in [2.05, 4.69) is 32.4 Å². The molecule has 0 aliphatic carbocycles. The van der Waals surface area contributed by atoms with Crippen LogP contribution in [0.3, 0.4) is 0 Å². The van der Waals surface area contributed by atoms with E-state index >= 15 is 0 Å². The lowest BCUT2D eigenvalue weighted by molar-refractivity contribution is 0.289. The Labute approximate surface area is 114 Å². The molecule has 0 bridgehead atoms. The van der Waals surface area contributed by atoms with Crippen molar-refractivity contribution in [3.05, 3.63) is 45.9 Å². The number of nitrogens with zero attached hydrogens (tertiary/aromatic N) is 2. The number of hydrogen-bond donors (Lipinski definition) is 0. The summed E-state index contributed by atoms with van der Waals surface area (Å²) in [6.07, 6.45) is 1.78. The summed E-state index contributed by atoms with van der Waals surface area (Å²) in [5, 5.41) is 0.704. The number of halogens is 2. The first-order valence-corrected chi connectivity index (χ1v) is 6.46. The van der Waals surface area contributed by atoms with Crippen molar-refractivity contribution >= 4 is 27.5 Å². The maximum Gasteiger partial charge on any atom is 0.147 e. The Bertz CT molecular complexity index is 496. The average molecular weight is 316 g/mol. The van der Waals surface area contributed by atoms with Gasteiger partial charge in [0.2, 0.25) is 0 Å². The molecule has 0 N–H and O–H groups in total. The summed E-state index contributed by atoms with van der Waals surface area (Å²) in [4.78, 5) is 4.28. The molecular weight excluding hydrogens is 304 g/mol. The largest absolute Gasteiger partial charge is 0.486 e. The van der Waals surface area contributed by atoms with E-state index in [1.807, 2.05) is 12.1 Å². The summed E-state index contributed by atoms with van der Waals surface area (Å²) < 4.78 is 8.66. The fourth-order valence-corrected chi connectivity index (χ4v) is 2.20. The molecule has 0 amide bonds. The Morgan fingerprint density at radius 3 is 2.71 bits per heavy atom. The maximum absolute atomic E-state index is 5.80. The fourth-order valence-electron chi connectivity index (χ4n) is 1.52. The van der Waals surface area contributed by atoms with Crippen LogP contribution in [0.5, 0.6) is 5.75 Å². The lowest BCUT2D eigenvalue weighted by atomic mass is 10.3. The topological polar surface area (TPSA) is 27.1 Å². The summed E-state index contributed by atoms with van der Waals surface area (Å²) >= 11 is 9.24. The summed E-state index contributed by atoms with van der Waals surface area (Å²) in [5.74, 6) is 1.69. The molecule has 0 atom stereocenters. The molecule has 1 aromatic heterocycles. The molecule has 0 radical (unpaired) electrons. The summed E-state index contributed by atoms with van der Waals surface area (Å²) in [5.41, 5.74) is 0. The van der Waals surface area contributed by atoms with Crippen LogP contribution < -0.4 is 4.74 Å². The molecule has 0 spiro atoms. The van der Waals surface area contributed by atoms with Gasteiger partial charge in [-0.1, -0.05) is 11.6 Å². The van der Waals surface area contributed by atoms with Crippen molar-refractivity contribution in [3.8, 4) is 5.75 Å². The molecule has 5 heteroatoms. The van der Waals surface area contributed by atoms with Gasteiger partial charge in [-0.15, -0.1) is 0 Å². The Morgan fingerprint density at radius 1 is 1.35 bits per heavy atom. The van der Waals surface area contributed by atoms with Crippen LogP contribution in [0.1, 0.15) is 12.7 Å². The van der Waals surface area contributed by atoms with Crippen LogP contribution in [0, 0.1) is 0 Å². The van der Waals surface area contributed by atoms with Crippen LogP contribution in [-0.4, -0.2) is 9.55 Å². The second kappa shape index (κ2) is 5.56. The first-order valence-electron chi connectivity index (χ1n) is 5.29. The number of rotatable bonds is 4. The highest BCUT2D eigenvalue weighted by atomic mass is 79.9. The van der Waals surface area contributed by atoms with Gasteiger partial charge in [-0.25, -0.2) is 4.98 Å². The SMILES string of the molecule is CCn1c(Br)cnc1COc1ccc(Cl)cc1. The molecule has 0 aliphatic heterocycles. The third-order valence-corrected chi connectivity index (χ3v) is 3.27. The number of imidazole rings is 1. The highest BCUT2D eigenvalue weighted by molar-refractivity contribution is 9.10. The monoisotopic (exact) mass is 314 g/mol. The smallest absolute Gasteiger partial charge is 0.147 e. The quantitative estimate of drug-likeness (QED) is 0.855. The highest BCUT2D eigenvalue weighted by Gasteiger charge is 2.06. The standard InChI is InChI=1S/C12H12BrClN2O/c1-2-16-11(13)7-15-12(16)8-17-10-5-3-9(14)4-6-10/h3-7H,2,8H2,1H3. The van der Waals surface area contributed by atoms with Crippen LogP contribution in [0.4, 0.5) is 0 Å². The summed E-state index contributed by atoms with van der Waals surface area (Å²) in [6, 6.07) is 7.30. The second-order valence-electron chi connectivity index (χ2n) is 3.48. The first-order chi connectivity index (χ1) is 8.20. The zero-order chi connectivity index (χ0) is 12.3. The lowest BCUT2D eigenvalue weighted by Crippen LogP contribution is -2.06. The Balaban J connectivity index is 2.04. The number of hydrogen-bond acceptors (Lipinski definition) is 2. The minimum absolute atomic E-state index is 0.446. The van der Waals surface area contributed by atoms with Crippen molar-refractivity contribution in [2.24, 2.45) is 0 Å². The predicted octanol–water partition coefficient (Wildman–Crippen LogP) is 3.90. The molecule has 0 saturated heterocycles. The highest BCUT2D eigenvalue weighted by Crippen LogP contribution is 2.18. The zero-order valence-corrected chi connectivity index (χ0v) is 11.7. The predicted molar refractivity (Wildman–Crippen MR) is 71.4 cm³/mol. The van der Waals surface area contributed by atoms with E-state index < -0.39 is 0 Å². The molecule has 0 unspecified atom stereocenters. The van der Waals surface area contributed by atoms with Gasteiger partial charge in [0.25, 0.3) is 0 Å². The third kappa shape index (κ3) is 3.01. The van der Waals surface area contributed by atoms with E-state index in [0.29, 0.717) is 11.6 Å². The molecule has 2 aromatic rings. The summed E-state index contributed by atoms with van der Waals surface area (Å²) in [6.45, 7) is 3.37. The number of aromatic nitrogens is 2. The van der Waals surface area contributed by atoms with Gasteiger partial charge in [0.05, 0.1) is 6.20 Å². The van der Waals surface area contributed by atoms with E-state index in [9.17, 15) is 0 Å². The fraction of sp³-hybridized carbons (Fsp3) is 0.250. The molecule has 1 heterocycles.